The summed E-state index contributed by atoms with van der Waals surface area (Å²) in [6.45, 7) is 4.98. The minimum absolute atomic E-state index is 0.510. The van der Waals surface area contributed by atoms with Gasteiger partial charge in [0.15, 0.2) is 0 Å². The fourth-order valence-corrected chi connectivity index (χ4v) is 4.60. The maximum Gasteiger partial charge on any atom is 0.102 e. The van der Waals surface area contributed by atoms with Gasteiger partial charge in [-0.25, -0.2) is 0 Å². The van der Waals surface area contributed by atoms with E-state index in [1.165, 1.54) is 74.4 Å². The first-order valence-electron chi connectivity index (χ1n) is 10.4. The molecule has 2 bridgehead atoms. The van der Waals surface area contributed by atoms with Gasteiger partial charge in [-0.15, -0.1) is 0 Å². The highest BCUT2D eigenvalue weighted by Crippen LogP contribution is 2.40. The predicted molar refractivity (Wildman–Crippen MR) is 112 cm³/mol. The topological polar surface area (TPSA) is 27.3 Å². The molecular formula is C24H29N3. The van der Waals surface area contributed by atoms with Crippen LogP contribution >= 0.6 is 0 Å². The molecule has 3 heterocycles. The Morgan fingerprint density at radius 1 is 0.852 bits per heavy atom. The van der Waals surface area contributed by atoms with Gasteiger partial charge < -0.3 is 15.5 Å². The second kappa shape index (κ2) is 7.05. The highest BCUT2D eigenvalue weighted by molar-refractivity contribution is 5.78. The molecule has 2 N–H and O–H groups in total. The zero-order chi connectivity index (χ0) is 18.1. The summed E-state index contributed by atoms with van der Waals surface area (Å²) >= 11 is 0. The van der Waals surface area contributed by atoms with Crippen LogP contribution in [-0.4, -0.2) is 31.1 Å². The number of allylic oxidation sites excluding steroid dienone is 1. The first kappa shape index (κ1) is 16.9. The Kier molecular flexibility index (Phi) is 4.41. The third kappa shape index (κ3) is 3.61. The molecule has 6 rings (SSSR count). The largest absolute Gasteiger partial charge is 0.371 e. The van der Waals surface area contributed by atoms with E-state index in [1.807, 2.05) is 0 Å². The third-order valence-electron chi connectivity index (χ3n) is 6.64. The quantitative estimate of drug-likeness (QED) is 0.772. The van der Waals surface area contributed by atoms with Crippen LogP contribution in [0.4, 0.5) is 5.69 Å². The Morgan fingerprint density at radius 2 is 1.52 bits per heavy atom. The van der Waals surface area contributed by atoms with Crippen molar-refractivity contribution in [2.75, 3.05) is 31.5 Å². The Bertz CT molecular complexity index is 812. The van der Waals surface area contributed by atoms with E-state index in [0.29, 0.717) is 5.41 Å². The number of anilines is 1. The van der Waals surface area contributed by atoms with Gasteiger partial charge >= 0.3 is 0 Å². The maximum absolute atomic E-state index is 3.84. The van der Waals surface area contributed by atoms with Crippen LogP contribution in [0.25, 0.3) is 11.1 Å². The predicted octanol–water partition coefficient (Wildman–Crippen LogP) is 4.85. The Balaban J connectivity index is 1.34. The molecule has 1 aliphatic carbocycles. The van der Waals surface area contributed by atoms with Crippen molar-refractivity contribution in [3.05, 3.63) is 66.0 Å². The van der Waals surface area contributed by atoms with E-state index >= 15 is 0 Å². The van der Waals surface area contributed by atoms with Crippen LogP contribution in [0.5, 0.6) is 0 Å². The van der Waals surface area contributed by atoms with Crippen LogP contribution < -0.4 is 10.6 Å². The molecule has 4 fully saturated rings. The summed E-state index contributed by atoms with van der Waals surface area (Å²) in [5.74, 6) is 1.26. The molecule has 2 aromatic rings. The van der Waals surface area contributed by atoms with Gasteiger partial charge in [-0.1, -0.05) is 48.5 Å². The van der Waals surface area contributed by atoms with Crippen LogP contribution in [0, 0.1) is 5.41 Å². The van der Waals surface area contributed by atoms with E-state index < -0.39 is 0 Å². The number of fused-ring (bicyclic) bond motifs is 3. The summed E-state index contributed by atoms with van der Waals surface area (Å²) in [7, 11) is 0. The second-order valence-electron chi connectivity index (χ2n) is 8.46. The monoisotopic (exact) mass is 359 g/mol. The second-order valence-corrected chi connectivity index (χ2v) is 8.46. The Labute approximate surface area is 162 Å². The SMILES string of the molecule is c1ccc(-c2ccccc2NC(NCC23CCN(CC2)CC3)=C2CC2)cc1. The highest BCUT2D eigenvalue weighted by Gasteiger charge is 2.39. The van der Waals surface area contributed by atoms with E-state index in [-0.39, 0.29) is 0 Å². The molecule has 3 heteroatoms. The van der Waals surface area contributed by atoms with Crippen molar-refractivity contribution >= 4 is 5.69 Å². The van der Waals surface area contributed by atoms with Gasteiger partial charge in [0.25, 0.3) is 0 Å². The summed E-state index contributed by atoms with van der Waals surface area (Å²) < 4.78 is 0. The Morgan fingerprint density at radius 3 is 2.22 bits per heavy atom. The standard InChI is InChI=1S/C24H29N3/c1-2-6-19(7-3-1)21-8-4-5-9-22(21)26-23(20-10-11-20)25-18-24-12-15-27(16-13-24)17-14-24/h1-9,25-26H,10-18H2. The first-order chi connectivity index (χ1) is 13.3. The molecule has 3 saturated heterocycles. The van der Waals surface area contributed by atoms with E-state index in [0.717, 1.165) is 6.54 Å². The molecule has 0 amide bonds. The number of para-hydroxylation sites is 1. The van der Waals surface area contributed by atoms with Crippen LogP contribution in [0.3, 0.4) is 0 Å². The van der Waals surface area contributed by atoms with Crippen molar-refractivity contribution in [3.63, 3.8) is 0 Å². The first-order valence-corrected chi connectivity index (χ1v) is 10.4. The van der Waals surface area contributed by atoms with Crippen LogP contribution in [0.2, 0.25) is 0 Å². The normalized spacial score (nSPS) is 25.9. The summed E-state index contributed by atoms with van der Waals surface area (Å²) in [6, 6.07) is 19.3. The number of rotatable bonds is 6. The van der Waals surface area contributed by atoms with Gasteiger partial charge in [0.05, 0.1) is 0 Å². The lowest BCUT2D eigenvalue weighted by Crippen LogP contribution is -2.52. The number of benzene rings is 2. The average molecular weight is 360 g/mol. The van der Waals surface area contributed by atoms with E-state index in [4.69, 9.17) is 0 Å². The zero-order valence-corrected chi connectivity index (χ0v) is 16.0. The van der Waals surface area contributed by atoms with E-state index in [1.54, 1.807) is 5.57 Å². The maximum atomic E-state index is 3.84. The number of nitrogens with zero attached hydrogens (tertiary/aromatic N) is 1. The molecule has 3 aliphatic heterocycles. The van der Waals surface area contributed by atoms with Crippen molar-refractivity contribution in [2.24, 2.45) is 5.41 Å². The van der Waals surface area contributed by atoms with Crippen LogP contribution in [0.1, 0.15) is 32.1 Å². The van der Waals surface area contributed by atoms with Crippen molar-refractivity contribution < 1.29 is 0 Å². The molecule has 0 atom stereocenters. The van der Waals surface area contributed by atoms with Crippen molar-refractivity contribution in [1.29, 1.82) is 0 Å². The highest BCUT2D eigenvalue weighted by atomic mass is 15.2. The van der Waals surface area contributed by atoms with Crippen LogP contribution in [-0.2, 0) is 0 Å². The Hall–Kier alpha value is -2.26. The fourth-order valence-electron chi connectivity index (χ4n) is 4.60. The van der Waals surface area contributed by atoms with Gasteiger partial charge in [0, 0.05) is 17.8 Å². The molecule has 0 spiro atoms. The molecule has 27 heavy (non-hydrogen) atoms. The minimum atomic E-state index is 0.510. The third-order valence-corrected chi connectivity index (χ3v) is 6.64. The minimum Gasteiger partial charge on any atom is -0.371 e. The molecule has 3 nitrogen and oxygen atoms in total. The van der Waals surface area contributed by atoms with Crippen LogP contribution in [0.15, 0.2) is 66.0 Å². The van der Waals surface area contributed by atoms with Gasteiger partial charge in [0.1, 0.15) is 5.82 Å². The van der Waals surface area contributed by atoms with Crippen molar-refractivity contribution in [1.82, 2.24) is 10.2 Å². The summed E-state index contributed by atoms with van der Waals surface area (Å²) in [4.78, 5) is 2.62. The van der Waals surface area contributed by atoms with E-state index in [2.05, 4.69) is 70.1 Å². The molecule has 0 aromatic heterocycles. The summed E-state index contributed by atoms with van der Waals surface area (Å²) in [6.07, 6.45) is 6.50. The molecule has 140 valence electrons. The molecule has 1 saturated carbocycles. The smallest absolute Gasteiger partial charge is 0.102 e. The summed E-state index contributed by atoms with van der Waals surface area (Å²) in [5.41, 5.74) is 5.78. The number of nitrogens with one attached hydrogen (secondary N) is 2. The number of hydrogen-bond donors (Lipinski definition) is 2. The van der Waals surface area contributed by atoms with Gasteiger partial charge in [0.2, 0.25) is 0 Å². The lowest BCUT2D eigenvalue weighted by atomic mass is 9.72. The fraction of sp³-hybridized carbons (Fsp3) is 0.417. The molecule has 2 aromatic carbocycles. The number of hydrogen-bond acceptors (Lipinski definition) is 3. The van der Waals surface area contributed by atoms with Gasteiger partial charge in [-0.05, 0) is 74.4 Å². The average Bonchev–Trinajstić information content (AvgIpc) is 3.59. The van der Waals surface area contributed by atoms with Crippen molar-refractivity contribution in [3.8, 4) is 11.1 Å². The lowest BCUT2D eigenvalue weighted by Gasteiger charge is -2.48. The summed E-state index contributed by atoms with van der Waals surface area (Å²) in [5, 5.41) is 7.60. The zero-order valence-electron chi connectivity index (χ0n) is 16.0. The number of piperidine rings is 3. The van der Waals surface area contributed by atoms with Gasteiger partial charge in [-0.3, -0.25) is 0 Å². The van der Waals surface area contributed by atoms with Crippen molar-refractivity contribution in [2.45, 2.75) is 32.1 Å². The van der Waals surface area contributed by atoms with E-state index in [9.17, 15) is 0 Å². The lowest BCUT2D eigenvalue weighted by molar-refractivity contribution is 0.0284. The molecule has 0 radical (unpaired) electrons. The molecular weight excluding hydrogens is 330 g/mol. The van der Waals surface area contributed by atoms with Gasteiger partial charge in [-0.2, -0.15) is 0 Å². The molecule has 0 unspecified atom stereocenters. The molecule has 4 aliphatic rings.